The summed E-state index contributed by atoms with van der Waals surface area (Å²) in [7, 11) is 3.87. The van der Waals surface area contributed by atoms with Gasteiger partial charge in [-0.05, 0) is 26.7 Å². The van der Waals surface area contributed by atoms with E-state index in [1.807, 2.05) is 27.0 Å². The first-order valence-electron chi connectivity index (χ1n) is 7.46. The molecule has 0 saturated heterocycles. The molecule has 0 bridgehead atoms. The Morgan fingerprint density at radius 2 is 2.24 bits per heavy atom. The number of nitrogens with zero attached hydrogens (tertiary/aromatic N) is 3. The van der Waals surface area contributed by atoms with Gasteiger partial charge in [0, 0.05) is 38.7 Å². The number of allylic oxidation sites excluding steroid dienone is 1. The fourth-order valence-corrected chi connectivity index (χ4v) is 2.50. The van der Waals surface area contributed by atoms with Crippen LogP contribution in [0.4, 0.5) is 0 Å². The highest BCUT2D eigenvalue weighted by Crippen LogP contribution is 2.22. The molecule has 1 heterocycles. The van der Waals surface area contributed by atoms with Crippen molar-refractivity contribution in [1.29, 1.82) is 0 Å². The Kier molecular flexibility index (Phi) is 6.99. The molecular formula is C16H28N4O. The van der Waals surface area contributed by atoms with E-state index in [2.05, 4.69) is 40.9 Å². The summed E-state index contributed by atoms with van der Waals surface area (Å²) in [5.74, 6) is 2.14. The average molecular weight is 292 g/mol. The van der Waals surface area contributed by atoms with E-state index < -0.39 is 0 Å². The van der Waals surface area contributed by atoms with Crippen LogP contribution in [-0.2, 0) is 0 Å². The molecule has 118 valence electrons. The van der Waals surface area contributed by atoms with Crippen molar-refractivity contribution < 1.29 is 4.52 Å². The van der Waals surface area contributed by atoms with Gasteiger partial charge >= 0.3 is 0 Å². The first-order chi connectivity index (χ1) is 10.0. The van der Waals surface area contributed by atoms with Gasteiger partial charge in [-0.15, -0.1) is 6.58 Å². The number of guanidine groups is 1. The van der Waals surface area contributed by atoms with Gasteiger partial charge in [0.1, 0.15) is 5.76 Å². The van der Waals surface area contributed by atoms with Crippen LogP contribution in [0.2, 0.25) is 0 Å². The zero-order valence-corrected chi connectivity index (χ0v) is 13.9. The molecule has 1 unspecified atom stereocenters. The van der Waals surface area contributed by atoms with E-state index in [1.54, 1.807) is 0 Å². The molecular weight excluding hydrogens is 264 g/mol. The topological polar surface area (TPSA) is 53.7 Å². The Bertz CT molecular complexity index is 459. The predicted octanol–water partition coefficient (Wildman–Crippen LogP) is 2.87. The van der Waals surface area contributed by atoms with Gasteiger partial charge in [0.05, 0.1) is 5.69 Å². The Hall–Kier alpha value is -1.78. The minimum Gasteiger partial charge on any atom is -0.361 e. The van der Waals surface area contributed by atoms with Gasteiger partial charge < -0.3 is 14.7 Å². The van der Waals surface area contributed by atoms with Crippen LogP contribution >= 0.6 is 0 Å². The maximum atomic E-state index is 5.23. The Morgan fingerprint density at radius 3 is 2.76 bits per heavy atom. The average Bonchev–Trinajstić information content (AvgIpc) is 2.79. The predicted molar refractivity (Wildman–Crippen MR) is 87.8 cm³/mol. The second kappa shape index (κ2) is 8.49. The molecule has 5 heteroatoms. The molecule has 1 aromatic rings. The molecule has 0 amide bonds. The van der Waals surface area contributed by atoms with E-state index in [1.165, 1.54) is 5.56 Å². The number of rotatable bonds is 7. The van der Waals surface area contributed by atoms with Gasteiger partial charge in [-0.2, -0.15) is 0 Å². The van der Waals surface area contributed by atoms with Crippen molar-refractivity contribution in [3.8, 4) is 0 Å². The highest BCUT2D eigenvalue weighted by molar-refractivity contribution is 5.79. The quantitative estimate of drug-likeness (QED) is 0.363. The number of hydrogen-bond donors (Lipinski definition) is 1. The Morgan fingerprint density at radius 1 is 1.52 bits per heavy atom. The normalized spacial score (nSPS) is 13.1. The van der Waals surface area contributed by atoms with E-state index in [0.717, 1.165) is 43.3 Å². The number of hydrogen-bond acceptors (Lipinski definition) is 3. The summed E-state index contributed by atoms with van der Waals surface area (Å²) in [6.07, 6.45) is 4.06. The molecule has 0 spiro atoms. The van der Waals surface area contributed by atoms with Crippen LogP contribution in [0.5, 0.6) is 0 Å². The molecule has 0 aliphatic rings. The molecule has 5 nitrogen and oxygen atoms in total. The lowest BCUT2D eigenvalue weighted by molar-refractivity contribution is 0.391. The van der Waals surface area contributed by atoms with Gasteiger partial charge in [0.2, 0.25) is 0 Å². The SMILES string of the molecule is C=CCCCN(C)C(=NC)NCC(C)c1c(C)noc1C. The molecule has 0 radical (unpaired) electrons. The lowest BCUT2D eigenvalue weighted by atomic mass is 10.00. The summed E-state index contributed by atoms with van der Waals surface area (Å²) in [5.41, 5.74) is 2.16. The highest BCUT2D eigenvalue weighted by atomic mass is 16.5. The largest absolute Gasteiger partial charge is 0.361 e. The van der Waals surface area contributed by atoms with Crippen molar-refractivity contribution >= 4 is 5.96 Å². The van der Waals surface area contributed by atoms with Crippen molar-refractivity contribution in [3.63, 3.8) is 0 Å². The third-order valence-electron chi connectivity index (χ3n) is 3.62. The Balaban J connectivity index is 2.53. The monoisotopic (exact) mass is 292 g/mol. The first-order valence-corrected chi connectivity index (χ1v) is 7.46. The first kappa shape index (κ1) is 17.3. The second-order valence-corrected chi connectivity index (χ2v) is 5.42. The molecule has 1 aromatic heterocycles. The second-order valence-electron chi connectivity index (χ2n) is 5.42. The summed E-state index contributed by atoms with van der Waals surface area (Å²) in [6.45, 7) is 11.6. The van der Waals surface area contributed by atoms with Crippen molar-refractivity contribution in [3.05, 3.63) is 29.7 Å². The van der Waals surface area contributed by atoms with Crippen LogP contribution in [0.1, 0.15) is 42.7 Å². The molecule has 0 aliphatic heterocycles. The molecule has 1 rings (SSSR count). The number of nitrogens with one attached hydrogen (secondary N) is 1. The maximum absolute atomic E-state index is 5.23. The van der Waals surface area contributed by atoms with Crippen LogP contribution in [0, 0.1) is 13.8 Å². The van der Waals surface area contributed by atoms with Crippen LogP contribution in [0.15, 0.2) is 22.2 Å². The Labute approximate surface area is 128 Å². The van der Waals surface area contributed by atoms with E-state index in [9.17, 15) is 0 Å². The number of aliphatic imine (C=N–C) groups is 1. The third kappa shape index (κ3) is 4.92. The molecule has 1 N–H and O–H groups in total. The van der Waals surface area contributed by atoms with Gasteiger partial charge in [0.15, 0.2) is 5.96 Å². The van der Waals surface area contributed by atoms with E-state index in [4.69, 9.17) is 4.52 Å². The van der Waals surface area contributed by atoms with E-state index in [-0.39, 0.29) is 0 Å². The van der Waals surface area contributed by atoms with Crippen LogP contribution in [0.3, 0.4) is 0 Å². The zero-order valence-electron chi connectivity index (χ0n) is 13.9. The standard InChI is InChI=1S/C16H28N4O/c1-7-8-9-10-20(6)16(17-5)18-11-12(2)15-13(3)19-21-14(15)4/h7,12H,1,8-11H2,2-6H3,(H,17,18). The fraction of sp³-hybridized carbons (Fsp3) is 0.625. The maximum Gasteiger partial charge on any atom is 0.193 e. The van der Waals surface area contributed by atoms with E-state index >= 15 is 0 Å². The molecule has 0 fully saturated rings. The summed E-state index contributed by atoms with van der Waals surface area (Å²) < 4.78 is 5.23. The third-order valence-corrected chi connectivity index (χ3v) is 3.62. The van der Waals surface area contributed by atoms with Crippen molar-refractivity contribution in [2.24, 2.45) is 4.99 Å². The molecule has 0 aliphatic carbocycles. The van der Waals surface area contributed by atoms with Gasteiger partial charge in [-0.3, -0.25) is 4.99 Å². The summed E-state index contributed by atoms with van der Waals surface area (Å²) in [5, 5.41) is 7.44. The minimum absolute atomic E-state index is 0.328. The van der Waals surface area contributed by atoms with Crippen molar-refractivity contribution in [1.82, 2.24) is 15.4 Å². The number of unbranched alkanes of at least 4 members (excludes halogenated alkanes) is 1. The summed E-state index contributed by atoms with van der Waals surface area (Å²) in [4.78, 5) is 6.47. The molecule has 0 aromatic carbocycles. The van der Waals surface area contributed by atoms with Gasteiger partial charge in [0.25, 0.3) is 0 Å². The minimum atomic E-state index is 0.328. The van der Waals surface area contributed by atoms with Gasteiger partial charge in [-0.25, -0.2) is 0 Å². The molecule has 1 atom stereocenters. The highest BCUT2D eigenvalue weighted by Gasteiger charge is 2.17. The van der Waals surface area contributed by atoms with Crippen LogP contribution in [0.25, 0.3) is 0 Å². The molecule has 21 heavy (non-hydrogen) atoms. The van der Waals surface area contributed by atoms with Crippen LogP contribution < -0.4 is 5.32 Å². The lowest BCUT2D eigenvalue weighted by Crippen LogP contribution is -2.40. The van der Waals surface area contributed by atoms with Crippen LogP contribution in [-0.4, -0.2) is 43.2 Å². The van der Waals surface area contributed by atoms with E-state index in [0.29, 0.717) is 5.92 Å². The fourth-order valence-electron chi connectivity index (χ4n) is 2.50. The molecule has 0 saturated carbocycles. The smallest absolute Gasteiger partial charge is 0.193 e. The lowest BCUT2D eigenvalue weighted by Gasteiger charge is -2.23. The zero-order chi connectivity index (χ0) is 15.8. The van der Waals surface area contributed by atoms with Crippen molar-refractivity contribution in [2.75, 3.05) is 27.2 Å². The van der Waals surface area contributed by atoms with Crippen molar-refractivity contribution in [2.45, 2.75) is 39.5 Å². The summed E-state index contributed by atoms with van der Waals surface area (Å²) >= 11 is 0. The van der Waals surface area contributed by atoms with Gasteiger partial charge in [-0.1, -0.05) is 18.2 Å². The number of aromatic nitrogens is 1. The summed E-state index contributed by atoms with van der Waals surface area (Å²) in [6, 6.07) is 0. The number of aryl methyl sites for hydroxylation is 2.